The Morgan fingerprint density at radius 2 is 1.46 bits per heavy atom. The maximum atomic E-state index is 13.2. The Labute approximate surface area is 218 Å². The molecule has 37 heavy (non-hydrogen) atoms. The molecule has 1 N–H and O–H groups in total. The molecule has 14 heteroatoms. The predicted octanol–water partition coefficient (Wildman–Crippen LogP) is 3.86. The van der Waals surface area contributed by atoms with E-state index in [1.54, 1.807) is 20.8 Å². The summed E-state index contributed by atoms with van der Waals surface area (Å²) >= 11 is 0. The Morgan fingerprint density at radius 3 is 1.89 bits per heavy atom. The van der Waals surface area contributed by atoms with Gasteiger partial charge < -0.3 is 33.4 Å². The predicted molar refractivity (Wildman–Crippen MR) is 131 cm³/mol. The monoisotopic (exact) mass is 560 g/mol. The van der Waals surface area contributed by atoms with Crippen LogP contribution in [0.15, 0.2) is 0 Å². The van der Waals surface area contributed by atoms with Gasteiger partial charge in [0.05, 0.1) is 6.10 Å². The summed E-state index contributed by atoms with van der Waals surface area (Å²) in [4.78, 5) is 26.2. The number of piperidine rings is 1. The van der Waals surface area contributed by atoms with Crippen LogP contribution in [-0.4, -0.2) is 96.3 Å². The second-order valence-corrected chi connectivity index (χ2v) is 16.3. The van der Waals surface area contributed by atoms with E-state index in [1.807, 2.05) is 5.32 Å². The fraction of sp³-hybridized carbons (Fsp3) is 0.913. The lowest BCUT2D eigenvalue weighted by Gasteiger charge is -2.49. The van der Waals surface area contributed by atoms with E-state index in [0.29, 0.717) is 0 Å². The van der Waals surface area contributed by atoms with Crippen molar-refractivity contribution in [3.63, 3.8) is 0 Å². The summed E-state index contributed by atoms with van der Waals surface area (Å²) in [6.45, 7) is 14.6. The fourth-order valence-electron chi connectivity index (χ4n) is 3.37. The first-order chi connectivity index (χ1) is 16.7. The van der Waals surface area contributed by atoms with Crippen LogP contribution in [0.3, 0.4) is 0 Å². The average Bonchev–Trinajstić information content (AvgIpc) is 2.72. The molecule has 1 aliphatic rings. The van der Waals surface area contributed by atoms with E-state index in [0.717, 1.165) is 4.90 Å². The topological polar surface area (TPSA) is 105 Å². The molecule has 4 atom stereocenters. The molecule has 0 bridgehead atoms. The molecule has 1 heterocycles. The van der Waals surface area contributed by atoms with Gasteiger partial charge in [0.2, 0.25) is 0 Å². The van der Waals surface area contributed by atoms with Crippen LogP contribution in [0.25, 0.3) is 0 Å². The van der Waals surface area contributed by atoms with Crippen molar-refractivity contribution < 1.29 is 50.9 Å². The van der Waals surface area contributed by atoms with E-state index in [1.165, 1.54) is 14.2 Å². The normalized spacial score (nSPS) is 23.6. The molecular formula is C23H43F3N2O8Si. The summed E-state index contributed by atoms with van der Waals surface area (Å²) < 4.78 is 73.2. The minimum Gasteiger partial charge on any atom is -0.444 e. The number of carbonyl (C=O) groups excluding carboxylic acids is 2. The lowest BCUT2D eigenvalue weighted by Crippen LogP contribution is -2.69. The lowest BCUT2D eigenvalue weighted by molar-refractivity contribution is -0.219. The molecular weight excluding hydrogens is 517 g/mol. The molecule has 0 aromatic carbocycles. The van der Waals surface area contributed by atoms with E-state index in [4.69, 9.17) is 28.1 Å². The summed E-state index contributed by atoms with van der Waals surface area (Å²) in [5.74, 6) is -2.80. The average molecular weight is 561 g/mol. The van der Waals surface area contributed by atoms with Gasteiger partial charge in [-0.15, -0.1) is 0 Å². The number of carbonyl (C=O) groups is 2. The molecule has 2 amide bonds. The summed E-state index contributed by atoms with van der Waals surface area (Å²) in [6.07, 6.45) is -9.89. The summed E-state index contributed by atoms with van der Waals surface area (Å²) in [5, 5.41) is 1.77. The van der Waals surface area contributed by atoms with Gasteiger partial charge in [0.1, 0.15) is 31.5 Å². The zero-order valence-corrected chi connectivity index (χ0v) is 24.5. The van der Waals surface area contributed by atoms with Crippen molar-refractivity contribution in [2.45, 2.75) is 89.8 Å². The van der Waals surface area contributed by atoms with Crippen LogP contribution in [0.1, 0.15) is 41.5 Å². The number of ether oxygens (including phenoxy) is 5. The molecule has 1 rings (SSSR count). The first-order valence-electron chi connectivity index (χ1n) is 12.0. The number of likely N-dealkylation sites (tertiary alicyclic amines) is 1. The minimum absolute atomic E-state index is 0.120. The number of alkyl halides is 3. The number of rotatable bonds is 10. The van der Waals surface area contributed by atoms with Gasteiger partial charge in [-0.1, -0.05) is 20.8 Å². The SMILES string of the molecule is COCO[C@@H]1[C@H](CO[Si](C)(C)C(C)(C)C)CN(C(=O)OC(C)(C)C)[C@@H](NC(=O)C(F)(F)F)[C@H]1OCOC. The first-order valence-corrected chi connectivity index (χ1v) is 14.9. The smallest absolute Gasteiger partial charge is 0.444 e. The Kier molecular flexibility index (Phi) is 11.9. The molecule has 1 saturated heterocycles. The van der Waals surface area contributed by atoms with Crippen molar-refractivity contribution in [3.8, 4) is 0 Å². The van der Waals surface area contributed by atoms with Crippen LogP contribution >= 0.6 is 0 Å². The Hall–Kier alpha value is -1.45. The lowest BCUT2D eigenvalue weighted by atomic mass is 9.90. The van der Waals surface area contributed by atoms with E-state index in [-0.39, 0.29) is 31.8 Å². The highest BCUT2D eigenvalue weighted by molar-refractivity contribution is 6.74. The van der Waals surface area contributed by atoms with Gasteiger partial charge in [-0.05, 0) is 38.9 Å². The third kappa shape index (κ3) is 9.98. The molecule has 0 radical (unpaired) electrons. The first kappa shape index (κ1) is 33.6. The Morgan fingerprint density at radius 1 is 0.946 bits per heavy atom. The van der Waals surface area contributed by atoms with Crippen molar-refractivity contribution in [1.29, 1.82) is 0 Å². The van der Waals surface area contributed by atoms with Crippen LogP contribution in [0.2, 0.25) is 18.1 Å². The third-order valence-corrected chi connectivity index (χ3v) is 10.8. The van der Waals surface area contributed by atoms with E-state index < -0.39 is 56.4 Å². The maximum absolute atomic E-state index is 13.2. The third-order valence-electron chi connectivity index (χ3n) is 6.25. The Balaban J connectivity index is 3.51. The summed E-state index contributed by atoms with van der Waals surface area (Å²) in [7, 11) is 0.470. The zero-order chi connectivity index (χ0) is 28.8. The van der Waals surface area contributed by atoms with Gasteiger partial charge >= 0.3 is 18.2 Å². The highest BCUT2D eigenvalue weighted by atomic mass is 28.4. The second kappa shape index (κ2) is 13.1. The Bertz CT molecular complexity index is 756. The summed E-state index contributed by atoms with van der Waals surface area (Å²) in [5.41, 5.74) is -0.949. The molecule has 0 spiro atoms. The van der Waals surface area contributed by atoms with E-state index in [2.05, 4.69) is 33.9 Å². The van der Waals surface area contributed by atoms with Crippen molar-refractivity contribution in [3.05, 3.63) is 0 Å². The largest absolute Gasteiger partial charge is 0.471 e. The van der Waals surface area contributed by atoms with Crippen molar-refractivity contribution in [2.24, 2.45) is 5.92 Å². The van der Waals surface area contributed by atoms with Gasteiger partial charge in [-0.25, -0.2) is 4.79 Å². The number of hydrogen-bond donors (Lipinski definition) is 1. The van der Waals surface area contributed by atoms with Crippen molar-refractivity contribution in [2.75, 3.05) is 41.0 Å². The van der Waals surface area contributed by atoms with Crippen LogP contribution in [0.4, 0.5) is 18.0 Å². The molecule has 1 fully saturated rings. The minimum atomic E-state index is -5.20. The number of amides is 2. The second-order valence-electron chi connectivity index (χ2n) is 11.5. The van der Waals surface area contributed by atoms with Gasteiger partial charge in [0.15, 0.2) is 8.32 Å². The molecule has 0 aromatic rings. The van der Waals surface area contributed by atoms with Crippen LogP contribution in [-0.2, 0) is 32.9 Å². The molecule has 0 aromatic heterocycles. The van der Waals surface area contributed by atoms with Crippen molar-refractivity contribution >= 4 is 20.3 Å². The van der Waals surface area contributed by atoms with Crippen LogP contribution in [0.5, 0.6) is 0 Å². The molecule has 0 unspecified atom stereocenters. The van der Waals surface area contributed by atoms with Gasteiger partial charge in [0, 0.05) is 33.3 Å². The van der Waals surface area contributed by atoms with E-state index in [9.17, 15) is 22.8 Å². The number of methoxy groups -OCH3 is 2. The molecule has 0 saturated carbocycles. The van der Waals surface area contributed by atoms with Crippen molar-refractivity contribution in [1.82, 2.24) is 10.2 Å². The number of hydrogen-bond acceptors (Lipinski definition) is 8. The highest BCUT2D eigenvalue weighted by Crippen LogP contribution is 2.38. The van der Waals surface area contributed by atoms with E-state index >= 15 is 0 Å². The number of nitrogens with one attached hydrogen (secondary N) is 1. The van der Waals surface area contributed by atoms with Crippen LogP contribution < -0.4 is 5.32 Å². The van der Waals surface area contributed by atoms with Gasteiger partial charge in [-0.3, -0.25) is 9.69 Å². The van der Waals surface area contributed by atoms with Gasteiger partial charge in [-0.2, -0.15) is 13.2 Å². The fourth-order valence-corrected chi connectivity index (χ4v) is 4.43. The number of nitrogens with zero attached hydrogens (tertiary/aromatic N) is 1. The maximum Gasteiger partial charge on any atom is 0.471 e. The summed E-state index contributed by atoms with van der Waals surface area (Å²) in [6, 6.07) is 0. The molecule has 10 nitrogen and oxygen atoms in total. The zero-order valence-electron chi connectivity index (χ0n) is 23.5. The standard InChI is InChI=1S/C23H43F3N2O8Si/c1-21(2,3)36-20(30)28-11-15(12-35-37(9,10)22(4,5)6)16(33-13-31-7)17(34-14-32-8)18(28)27-19(29)23(24,25)26/h15-18H,11-14H2,1-10H3,(H,27,29)/t15-,16+,17-,18+/m0/s1. The van der Waals surface area contributed by atoms with Gasteiger partial charge in [0.25, 0.3) is 0 Å². The quantitative estimate of drug-likeness (QED) is 0.317. The molecule has 218 valence electrons. The molecule has 1 aliphatic heterocycles. The van der Waals surface area contributed by atoms with Crippen LogP contribution in [0, 0.1) is 5.92 Å². The number of halogens is 3. The highest BCUT2D eigenvalue weighted by Gasteiger charge is 2.52. The molecule has 0 aliphatic carbocycles.